The van der Waals surface area contributed by atoms with Crippen LogP contribution in [0.3, 0.4) is 0 Å². The minimum atomic E-state index is -0.729. The van der Waals surface area contributed by atoms with Gasteiger partial charge in [-0.15, -0.1) is 0 Å². The third kappa shape index (κ3) is 5.55. The van der Waals surface area contributed by atoms with E-state index in [-0.39, 0.29) is 22.5 Å². The normalized spacial score (nSPS) is 15.7. The Hall–Kier alpha value is -3.42. The van der Waals surface area contributed by atoms with Gasteiger partial charge in [-0.2, -0.15) is 0 Å². The standard InChI is InChI=1S/C26H25ClFN3O3/c1-34-24-12-10-19(15-22(24)30-25(32)20-11-9-18(27)14-21(20)28)29-26(33)23-8-5-13-31(23)16-17-6-3-2-4-7-17/h2-4,6-7,9-12,14-15,23H,5,8,13,16H2,1H3,(H,29,33)(H,30,32). The van der Waals surface area contributed by atoms with Crippen molar-refractivity contribution in [2.45, 2.75) is 25.4 Å². The Labute approximate surface area is 202 Å². The van der Waals surface area contributed by atoms with E-state index in [1.165, 1.54) is 19.2 Å². The molecule has 0 aromatic heterocycles. The monoisotopic (exact) mass is 481 g/mol. The number of hydrogen-bond donors (Lipinski definition) is 2. The van der Waals surface area contributed by atoms with Gasteiger partial charge in [-0.3, -0.25) is 14.5 Å². The summed E-state index contributed by atoms with van der Waals surface area (Å²) in [5.74, 6) is -1.11. The summed E-state index contributed by atoms with van der Waals surface area (Å²) in [4.78, 5) is 27.9. The molecule has 3 aromatic rings. The second kappa shape index (κ2) is 10.7. The molecule has 1 saturated heterocycles. The lowest BCUT2D eigenvalue weighted by atomic mass is 10.1. The zero-order valence-corrected chi connectivity index (χ0v) is 19.4. The van der Waals surface area contributed by atoms with E-state index < -0.39 is 11.7 Å². The number of carbonyl (C=O) groups excluding carboxylic acids is 2. The van der Waals surface area contributed by atoms with Crippen molar-refractivity contribution in [3.63, 3.8) is 0 Å². The fraction of sp³-hybridized carbons (Fsp3) is 0.231. The van der Waals surface area contributed by atoms with Crippen LogP contribution in [0.1, 0.15) is 28.8 Å². The highest BCUT2D eigenvalue weighted by Gasteiger charge is 2.30. The molecule has 0 radical (unpaired) electrons. The van der Waals surface area contributed by atoms with Crippen LogP contribution in [0.4, 0.5) is 15.8 Å². The predicted molar refractivity (Wildman–Crippen MR) is 131 cm³/mol. The first-order valence-corrected chi connectivity index (χ1v) is 11.4. The summed E-state index contributed by atoms with van der Waals surface area (Å²) in [6.07, 6.45) is 1.72. The van der Waals surface area contributed by atoms with E-state index >= 15 is 0 Å². The Morgan fingerprint density at radius 1 is 1.09 bits per heavy atom. The first-order chi connectivity index (χ1) is 16.4. The molecule has 1 aliphatic rings. The number of nitrogens with zero attached hydrogens (tertiary/aromatic N) is 1. The van der Waals surface area contributed by atoms with E-state index in [1.807, 2.05) is 18.2 Å². The number of carbonyl (C=O) groups is 2. The van der Waals surface area contributed by atoms with Crippen molar-refractivity contribution in [3.8, 4) is 5.75 Å². The number of benzene rings is 3. The molecule has 0 aliphatic carbocycles. The lowest BCUT2D eigenvalue weighted by molar-refractivity contribution is -0.120. The van der Waals surface area contributed by atoms with Gasteiger partial charge in [0.15, 0.2) is 0 Å². The number of rotatable bonds is 7. The molecular weight excluding hydrogens is 457 g/mol. The SMILES string of the molecule is COc1ccc(NC(=O)C2CCCN2Cc2ccccc2)cc1NC(=O)c1ccc(Cl)cc1F. The smallest absolute Gasteiger partial charge is 0.258 e. The predicted octanol–water partition coefficient (Wildman–Crippen LogP) is 5.34. The van der Waals surface area contributed by atoms with Gasteiger partial charge in [-0.05, 0) is 61.3 Å². The summed E-state index contributed by atoms with van der Waals surface area (Å²) in [5, 5.41) is 5.80. The van der Waals surface area contributed by atoms with Crippen LogP contribution >= 0.6 is 11.6 Å². The lowest BCUT2D eigenvalue weighted by Crippen LogP contribution is -2.39. The van der Waals surface area contributed by atoms with Gasteiger partial charge >= 0.3 is 0 Å². The fourth-order valence-electron chi connectivity index (χ4n) is 4.10. The zero-order chi connectivity index (χ0) is 24.1. The van der Waals surface area contributed by atoms with Gasteiger partial charge in [0.1, 0.15) is 11.6 Å². The number of anilines is 2. The molecule has 0 saturated carbocycles. The molecule has 2 N–H and O–H groups in total. The average molecular weight is 482 g/mol. The third-order valence-electron chi connectivity index (χ3n) is 5.79. The van der Waals surface area contributed by atoms with Gasteiger partial charge in [-0.25, -0.2) is 4.39 Å². The summed E-state index contributed by atoms with van der Waals surface area (Å²) in [6.45, 7) is 1.55. The van der Waals surface area contributed by atoms with Crippen LogP contribution in [0.15, 0.2) is 66.7 Å². The van der Waals surface area contributed by atoms with Crippen LogP contribution in [-0.4, -0.2) is 36.4 Å². The van der Waals surface area contributed by atoms with Crippen molar-refractivity contribution < 1.29 is 18.7 Å². The van der Waals surface area contributed by atoms with Gasteiger partial charge in [0.2, 0.25) is 5.91 Å². The number of amides is 2. The molecule has 1 heterocycles. The number of nitrogens with one attached hydrogen (secondary N) is 2. The van der Waals surface area contributed by atoms with E-state index in [1.54, 1.807) is 18.2 Å². The van der Waals surface area contributed by atoms with Crippen molar-refractivity contribution in [2.75, 3.05) is 24.3 Å². The lowest BCUT2D eigenvalue weighted by Gasteiger charge is -2.24. The number of hydrogen-bond acceptors (Lipinski definition) is 4. The van der Waals surface area contributed by atoms with Crippen LogP contribution in [0.5, 0.6) is 5.75 Å². The van der Waals surface area contributed by atoms with Crippen molar-refractivity contribution in [1.82, 2.24) is 4.90 Å². The Bertz CT molecular complexity index is 1190. The molecule has 1 unspecified atom stereocenters. The van der Waals surface area contributed by atoms with Gasteiger partial charge < -0.3 is 15.4 Å². The Balaban J connectivity index is 1.47. The molecule has 4 rings (SSSR count). The topological polar surface area (TPSA) is 70.7 Å². The first kappa shape index (κ1) is 23.7. The number of ether oxygens (including phenoxy) is 1. The first-order valence-electron chi connectivity index (χ1n) is 11.0. The summed E-state index contributed by atoms with van der Waals surface area (Å²) in [6, 6.07) is 18.6. The van der Waals surface area contributed by atoms with E-state index in [2.05, 4.69) is 27.7 Å². The average Bonchev–Trinajstić information content (AvgIpc) is 3.28. The molecule has 1 atom stereocenters. The summed E-state index contributed by atoms with van der Waals surface area (Å²) in [7, 11) is 1.46. The van der Waals surface area contributed by atoms with Crippen LogP contribution in [-0.2, 0) is 11.3 Å². The number of halogens is 2. The van der Waals surface area contributed by atoms with Crippen LogP contribution in [0.25, 0.3) is 0 Å². The Kier molecular flexibility index (Phi) is 7.45. The minimum Gasteiger partial charge on any atom is -0.495 e. The molecule has 3 aromatic carbocycles. The molecule has 1 aliphatic heterocycles. The third-order valence-corrected chi connectivity index (χ3v) is 6.02. The highest BCUT2D eigenvalue weighted by molar-refractivity contribution is 6.30. The molecule has 6 nitrogen and oxygen atoms in total. The van der Waals surface area contributed by atoms with Crippen molar-refractivity contribution in [2.24, 2.45) is 0 Å². The molecule has 34 heavy (non-hydrogen) atoms. The summed E-state index contributed by atoms with van der Waals surface area (Å²) in [5.41, 5.74) is 1.82. The molecule has 176 valence electrons. The largest absolute Gasteiger partial charge is 0.495 e. The quantitative estimate of drug-likeness (QED) is 0.477. The zero-order valence-electron chi connectivity index (χ0n) is 18.7. The van der Waals surface area contributed by atoms with Gasteiger partial charge in [0.05, 0.1) is 24.4 Å². The van der Waals surface area contributed by atoms with Crippen molar-refractivity contribution in [1.29, 1.82) is 0 Å². The van der Waals surface area contributed by atoms with E-state index in [9.17, 15) is 14.0 Å². The molecule has 0 spiro atoms. The molecule has 2 amide bonds. The maximum absolute atomic E-state index is 14.2. The second-order valence-electron chi connectivity index (χ2n) is 8.10. The maximum atomic E-state index is 14.2. The molecule has 1 fully saturated rings. The highest BCUT2D eigenvalue weighted by Crippen LogP contribution is 2.30. The molecule has 0 bridgehead atoms. The Morgan fingerprint density at radius 2 is 1.88 bits per heavy atom. The number of likely N-dealkylation sites (tertiary alicyclic amines) is 1. The van der Waals surface area contributed by atoms with Crippen LogP contribution < -0.4 is 15.4 Å². The van der Waals surface area contributed by atoms with Crippen LogP contribution in [0, 0.1) is 5.82 Å². The van der Waals surface area contributed by atoms with Gasteiger partial charge in [-0.1, -0.05) is 41.9 Å². The maximum Gasteiger partial charge on any atom is 0.258 e. The highest BCUT2D eigenvalue weighted by atomic mass is 35.5. The summed E-state index contributed by atoms with van der Waals surface area (Å²) < 4.78 is 19.5. The van der Waals surface area contributed by atoms with E-state index in [4.69, 9.17) is 16.3 Å². The van der Waals surface area contributed by atoms with Gasteiger partial charge in [0.25, 0.3) is 5.91 Å². The summed E-state index contributed by atoms with van der Waals surface area (Å²) >= 11 is 5.77. The van der Waals surface area contributed by atoms with E-state index in [0.29, 0.717) is 23.7 Å². The van der Waals surface area contributed by atoms with Crippen molar-refractivity contribution >= 4 is 34.8 Å². The Morgan fingerprint density at radius 3 is 2.62 bits per heavy atom. The van der Waals surface area contributed by atoms with Gasteiger partial charge in [0, 0.05) is 17.3 Å². The van der Waals surface area contributed by atoms with Crippen LogP contribution in [0.2, 0.25) is 5.02 Å². The fourth-order valence-corrected chi connectivity index (χ4v) is 4.26. The second-order valence-corrected chi connectivity index (χ2v) is 8.53. The molecular formula is C26H25ClFN3O3. The number of methoxy groups -OCH3 is 1. The van der Waals surface area contributed by atoms with Crippen molar-refractivity contribution in [3.05, 3.63) is 88.7 Å². The van der Waals surface area contributed by atoms with E-state index in [0.717, 1.165) is 31.0 Å². The minimum absolute atomic E-state index is 0.111. The molecule has 8 heteroatoms.